The van der Waals surface area contributed by atoms with Gasteiger partial charge in [-0.3, -0.25) is 9.59 Å². The van der Waals surface area contributed by atoms with E-state index in [1.54, 1.807) is 28.6 Å². The van der Waals surface area contributed by atoms with Crippen LogP contribution in [0, 0.1) is 5.41 Å². The summed E-state index contributed by atoms with van der Waals surface area (Å²) < 4.78 is 0. The minimum Gasteiger partial charge on any atom is -0.343 e. The van der Waals surface area contributed by atoms with Crippen molar-refractivity contribution in [2.24, 2.45) is 5.41 Å². The third-order valence-corrected chi connectivity index (χ3v) is 4.16. The molecule has 6 heteroatoms. The van der Waals surface area contributed by atoms with Gasteiger partial charge in [0.2, 0.25) is 11.8 Å². The largest absolute Gasteiger partial charge is 0.343 e. The van der Waals surface area contributed by atoms with E-state index < -0.39 is 5.41 Å². The second-order valence-electron chi connectivity index (χ2n) is 5.90. The number of hydrogen-bond donors (Lipinski definition) is 1. The van der Waals surface area contributed by atoms with E-state index in [4.69, 9.17) is 0 Å². The van der Waals surface area contributed by atoms with Crippen LogP contribution in [-0.4, -0.2) is 66.5 Å². The predicted octanol–water partition coefficient (Wildman–Crippen LogP) is 0.612. The van der Waals surface area contributed by atoms with Gasteiger partial charge in [-0.15, -0.1) is 11.8 Å². The van der Waals surface area contributed by atoms with E-state index in [1.807, 2.05) is 27.8 Å². The molecule has 0 aromatic heterocycles. The molecule has 0 bridgehead atoms. The highest BCUT2D eigenvalue weighted by Gasteiger charge is 2.39. The monoisotopic (exact) mass is 287 g/mol. The molecule has 1 saturated heterocycles. The van der Waals surface area contributed by atoms with Crippen LogP contribution in [0.25, 0.3) is 0 Å². The highest BCUT2D eigenvalue weighted by Crippen LogP contribution is 2.28. The first-order valence-corrected chi connectivity index (χ1v) is 7.73. The van der Waals surface area contributed by atoms with Crippen LogP contribution in [0.15, 0.2) is 0 Å². The molecular weight excluding hydrogens is 262 g/mol. The first kappa shape index (κ1) is 16.3. The van der Waals surface area contributed by atoms with Crippen LogP contribution >= 0.6 is 11.8 Å². The van der Waals surface area contributed by atoms with Gasteiger partial charge in [0.05, 0.1) is 5.88 Å². The Morgan fingerprint density at radius 2 is 2.05 bits per heavy atom. The van der Waals surface area contributed by atoms with Crippen molar-refractivity contribution >= 4 is 23.6 Å². The molecular formula is C13H25N3O2S. The molecule has 19 heavy (non-hydrogen) atoms. The molecule has 1 heterocycles. The zero-order valence-corrected chi connectivity index (χ0v) is 13.3. The molecule has 2 amide bonds. The highest BCUT2D eigenvalue weighted by atomic mass is 32.2. The summed E-state index contributed by atoms with van der Waals surface area (Å²) in [7, 11) is 3.65. The number of likely N-dealkylation sites (N-methyl/N-ethyl adjacent to an activating group) is 2. The number of carbonyl (C=O) groups excluding carboxylic acids is 2. The molecule has 5 nitrogen and oxygen atoms in total. The molecule has 0 aliphatic carbocycles. The molecule has 1 atom stereocenters. The fourth-order valence-corrected chi connectivity index (χ4v) is 3.07. The fraction of sp³-hybridized carbons (Fsp3) is 0.846. The summed E-state index contributed by atoms with van der Waals surface area (Å²) in [4.78, 5) is 28.2. The SMILES string of the molecule is CNCCN(C)C(=O)C1CSCN1C(=O)C(C)(C)C. The molecule has 1 aliphatic rings. The summed E-state index contributed by atoms with van der Waals surface area (Å²) in [6, 6.07) is -0.307. The maximum Gasteiger partial charge on any atom is 0.246 e. The summed E-state index contributed by atoms with van der Waals surface area (Å²) >= 11 is 1.65. The summed E-state index contributed by atoms with van der Waals surface area (Å²) in [5, 5.41) is 3.02. The smallest absolute Gasteiger partial charge is 0.246 e. The second kappa shape index (κ2) is 6.61. The predicted molar refractivity (Wildman–Crippen MR) is 79.0 cm³/mol. The molecule has 1 aliphatic heterocycles. The van der Waals surface area contributed by atoms with E-state index in [0.717, 1.165) is 6.54 Å². The average molecular weight is 287 g/mol. The van der Waals surface area contributed by atoms with Crippen LogP contribution in [0.4, 0.5) is 0 Å². The molecule has 1 unspecified atom stereocenters. The molecule has 0 aromatic rings. The van der Waals surface area contributed by atoms with E-state index in [1.165, 1.54) is 0 Å². The highest BCUT2D eigenvalue weighted by molar-refractivity contribution is 7.99. The van der Waals surface area contributed by atoms with Crippen LogP contribution in [0.1, 0.15) is 20.8 Å². The van der Waals surface area contributed by atoms with Gasteiger partial charge in [-0.2, -0.15) is 0 Å². The van der Waals surface area contributed by atoms with E-state index in [9.17, 15) is 9.59 Å². The van der Waals surface area contributed by atoms with Crippen molar-refractivity contribution in [3.8, 4) is 0 Å². The molecule has 110 valence electrons. The molecule has 1 N–H and O–H groups in total. The second-order valence-corrected chi connectivity index (χ2v) is 6.90. The first-order chi connectivity index (χ1) is 8.79. The lowest BCUT2D eigenvalue weighted by Gasteiger charge is -2.31. The number of amides is 2. The van der Waals surface area contributed by atoms with E-state index in [0.29, 0.717) is 18.2 Å². The summed E-state index contributed by atoms with van der Waals surface area (Å²) in [5.74, 6) is 1.41. The Labute approximate surface area is 120 Å². The maximum absolute atomic E-state index is 12.4. The van der Waals surface area contributed by atoms with Crippen molar-refractivity contribution in [2.45, 2.75) is 26.8 Å². The third kappa shape index (κ3) is 4.11. The van der Waals surface area contributed by atoms with Gasteiger partial charge < -0.3 is 15.1 Å². The Bertz CT molecular complexity index is 341. The first-order valence-electron chi connectivity index (χ1n) is 6.57. The van der Waals surface area contributed by atoms with Crippen molar-refractivity contribution < 1.29 is 9.59 Å². The zero-order valence-electron chi connectivity index (χ0n) is 12.5. The summed E-state index contributed by atoms with van der Waals surface area (Å²) in [6.07, 6.45) is 0. The molecule has 0 aromatic carbocycles. The Morgan fingerprint density at radius 3 is 2.58 bits per heavy atom. The zero-order chi connectivity index (χ0) is 14.6. The number of carbonyl (C=O) groups is 2. The van der Waals surface area contributed by atoms with Crippen molar-refractivity contribution in [3.05, 3.63) is 0 Å². The quantitative estimate of drug-likeness (QED) is 0.823. The lowest BCUT2D eigenvalue weighted by molar-refractivity contribution is -0.147. The number of hydrogen-bond acceptors (Lipinski definition) is 4. The van der Waals surface area contributed by atoms with Crippen LogP contribution in [0.5, 0.6) is 0 Å². The fourth-order valence-electron chi connectivity index (χ4n) is 1.92. The van der Waals surface area contributed by atoms with Crippen LogP contribution in [0.2, 0.25) is 0 Å². The van der Waals surface area contributed by atoms with E-state index in [-0.39, 0.29) is 17.9 Å². The lowest BCUT2D eigenvalue weighted by atomic mass is 9.94. The van der Waals surface area contributed by atoms with Crippen LogP contribution in [0.3, 0.4) is 0 Å². The van der Waals surface area contributed by atoms with Crippen LogP contribution in [-0.2, 0) is 9.59 Å². The van der Waals surface area contributed by atoms with Gasteiger partial charge in [-0.1, -0.05) is 20.8 Å². The van der Waals surface area contributed by atoms with Gasteiger partial charge in [0.15, 0.2) is 0 Å². The van der Waals surface area contributed by atoms with Crippen molar-refractivity contribution in [3.63, 3.8) is 0 Å². The van der Waals surface area contributed by atoms with Crippen molar-refractivity contribution in [2.75, 3.05) is 38.8 Å². The van der Waals surface area contributed by atoms with E-state index in [2.05, 4.69) is 5.32 Å². The van der Waals surface area contributed by atoms with Gasteiger partial charge in [0.1, 0.15) is 6.04 Å². The topological polar surface area (TPSA) is 52.7 Å². The molecule has 0 spiro atoms. The third-order valence-electron chi connectivity index (χ3n) is 3.14. The van der Waals surface area contributed by atoms with Gasteiger partial charge in [-0.05, 0) is 7.05 Å². The normalized spacial score (nSPS) is 19.6. The van der Waals surface area contributed by atoms with Gasteiger partial charge >= 0.3 is 0 Å². The molecule has 0 radical (unpaired) electrons. The lowest BCUT2D eigenvalue weighted by Crippen LogP contribution is -2.51. The molecule has 1 rings (SSSR count). The summed E-state index contributed by atoms with van der Waals surface area (Å²) in [6.45, 7) is 7.10. The minimum atomic E-state index is -0.438. The Balaban J connectivity index is 2.71. The number of nitrogens with zero attached hydrogens (tertiary/aromatic N) is 2. The minimum absolute atomic E-state index is 0.0397. The van der Waals surface area contributed by atoms with Crippen molar-refractivity contribution in [1.29, 1.82) is 0 Å². The van der Waals surface area contributed by atoms with Gasteiger partial charge in [-0.25, -0.2) is 0 Å². The maximum atomic E-state index is 12.4. The standard InChI is InChI=1S/C13H25N3O2S/c1-13(2,3)12(18)16-9-19-8-10(16)11(17)15(5)7-6-14-4/h10,14H,6-9H2,1-5H3. The average Bonchev–Trinajstić information content (AvgIpc) is 2.81. The van der Waals surface area contributed by atoms with Crippen molar-refractivity contribution in [1.82, 2.24) is 15.1 Å². The van der Waals surface area contributed by atoms with Gasteiger partial charge in [0.25, 0.3) is 0 Å². The Kier molecular flexibility index (Phi) is 5.67. The molecule has 1 fully saturated rings. The number of nitrogens with one attached hydrogen (secondary N) is 1. The van der Waals surface area contributed by atoms with E-state index >= 15 is 0 Å². The number of rotatable bonds is 4. The Hall–Kier alpha value is -0.750. The Morgan fingerprint density at radius 1 is 1.42 bits per heavy atom. The van der Waals surface area contributed by atoms with Crippen LogP contribution < -0.4 is 5.32 Å². The molecule has 0 saturated carbocycles. The summed E-state index contributed by atoms with van der Waals surface area (Å²) in [5.41, 5.74) is -0.438. The number of thioether (sulfide) groups is 1. The van der Waals surface area contributed by atoms with Gasteiger partial charge in [0, 0.05) is 31.3 Å².